The second-order valence-corrected chi connectivity index (χ2v) is 4.63. The fraction of sp³-hybridized carbons (Fsp3) is 0.200. The molecule has 1 amide bonds. The van der Waals surface area contributed by atoms with Crippen LogP contribution in [0.1, 0.15) is 11.1 Å². The van der Waals surface area contributed by atoms with E-state index in [2.05, 4.69) is 10.3 Å². The molecule has 102 valence electrons. The number of nitrogens with one attached hydrogen (secondary N) is 1. The Labute approximate surface area is 116 Å². The molecule has 0 fully saturated rings. The largest absolute Gasteiger partial charge is 0.454 e. The van der Waals surface area contributed by atoms with Crippen molar-refractivity contribution in [3.63, 3.8) is 0 Å². The number of carbonyl (C=O) groups excluding carboxylic acids is 1. The van der Waals surface area contributed by atoms with Gasteiger partial charge in [-0.05, 0) is 36.2 Å². The molecule has 0 radical (unpaired) electrons. The molecule has 1 aliphatic rings. The van der Waals surface area contributed by atoms with Crippen molar-refractivity contribution >= 4 is 11.7 Å². The first kappa shape index (κ1) is 12.5. The molecule has 5 nitrogen and oxygen atoms in total. The minimum absolute atomic E-state index is 0.111. The maximum Gasteiger partial charge on any atom is 0.231 e. The van der Waals surface area contributed by atoms with Gasteiger partial charge in [0, 0.05) is 6.20 Å². The fourth-order valence-corrected chi connectivity index (χ4v) is 1.97. The van der Waals surface area contributed by atoms with Gasteiger partial charge in [-0.1, -0.05) is 12.1 Å². The van der Waals surface area contributed by atoms with Gasteiger partial charge in [-0.15, -0.1) is 0 Å². The second-order valence-electron chi connectivity index (χ2n) is 4.63. The average molecular weight is 270 g/mol. The number of amides is 1. The molecule has 0 bridgehead atoms. The number of hydrogen-bond donors (Lipinski definition) is 1. The Bertz CT molecular complexity index is 638. The third kappa shape index (κ3) is 2.71. The van der Waals surface area contributed by atoms with Gasteiger partial charge in [0.05, 0.1) is 6.42 Å². The van der Waals surface area contributed by atoms with Crippen molar-refractivity contribution in [1.29, 1.82) is 0 Å². The maximum atomic E-state index is 11.9. The molecule has 2 heterocycles. The molecule has 1 aliphatic heterocycles. The number of pyridine rings is 1. The number of carbonyl (C=O) groups is 1. The molecule has 0 unspecified atom stereocenters. The third-order valence-electron chi connectivity index (χ3n) is 2.98. The number of nitrogens with zero attached hydrogens (tertiary/aromatic N) is 1. The molecule has 0 saturated heterocycles. The summed E-state index contributed by atoms with van der Waals surface area (Å²) >= 11 is 0. The van der Waals surface area contributed by atoms with E-state index in [4.69, 9.17) is 9.47 Å². The van der Waals surface area contributed by atoms with Crippen LogP contribution in [0.25, 0.3) is 0 Å². The molecule has 20 heavy (non-hydrogen) atoms. The summed E-state index contributed by atoms with van der Waals surface area (Å²) in [7, 11) is 0. The predicted molar refractivity (Wildman–Crippen MR) is 73.9 cm³/mol. The van der Waals surface area contributed by atoms with E-state index < -0.39 is 0 Å². The minimum Gasteiger partial charge on any atom is -0.454 e. The van der Waals surface area contributed by atoms with Crippen molar-refractivity contribution in [2.75, 3.05) is 12.1 Å². The smallest absolute Gasteiger partial charge is 0.231 e. The molecular formula is C15H14N2O3. The zero-order chi connectivity index (χ0) is 13.9. The van der Waals surface area contributed by atoms with Crippen LogP contribution in [-0.2, 0) is 11.2 Å². The normalized spacial score (nSPS) is 12.2. The van der Waals surface area contributed by atoms with E-state index in [1.54, 1.807) is 12.3 Å². The monoisotopic (exact) mass is 270 g/mol. The second kappa shape index (κ2) is 5.21. The molecule has 0 aliphatic carbocycles. The summed E-state index contributed by atoms with van der Waals surface area (Å²) in [5.41, 5.74) is 1.93. The summed E-state index contributed by atoms with van der Waals surface area (Å²) in [5, 5.41) is 2.76. The SMILES string of the molecule is Cc1ccc(NC(=O)Cc2ccc3c(c2)OCO3)nc1. The Kier molecular flexibility index (Phi) is 3.25. The lowest BCUT2D eigenvalue weighted by atomic mass is 10.1. The van der Waals surface area contributed by atoms with Gasteiger partial charge in [0.15, 0.2) is 11.5 Å². The summed E-state index contributed by atoms with van der Waals surface area (Å²) < 4.78 is 10.5. The molecular weight excluding hydrogens is 256 g/mol. The summed E-state index contributed by atoms with van der Waals surface area (Å²) in [6.07, 6.45) is 1.99. The molecule has 0 saturated carbocycles. The summed E-state index contributed by atoms with van der Waals surface area (Å²) in [5.74, 6) is 1.85. The number of ether oxygens (including phenoxy) is 2. The van der Waals surface area contributed by atoms with Crippen LogP contribution in [0.5, 0.6) is 11.5 Å². The van der Waals surface area contributed by atoms with Crippen molar-refractivity contribution in [3.05, 3.63) is 47.7 Å². The van der Waals surface area contributed by atoms with E-state index in [-0.39, 0.29) is 19.1 Å². The van der Waals surface area contributed by atoms with Crippen molar-refractivity contribution in [3.8, 4) is 11.5 Å². The lowest BCUT2D eigenvalue weighted by Crippen LogP contribution is -2.15. The molecule has 1 aromatic carbocycles. The van der Waals surface area contributed by atoms with Gasteiger partial charge in [-0.25, -0.2) is 4.98 Å². The number of benzene rings is 1. The lowest BCUT2D eigenvalue weighted by molar-refractivity contribution is -0.115. The third-order valence-corrected chi connectivity index (χ3v) is 2.98. The number of fused-ring (bicyclic) bond motifs is 1. The van der Waals surface area contributed by atoms with Crippen LogP contribution in [0.3, 0.4) is 0 Å². The Hall–Kier alpha value is -2.56. The Morgan fingerprint density at radius 2 is 2.10 bits per heavy atom. The van der Waals surface area contributed by atoms with E-state index in [1.165, 1.54) is 0 Å². The topological polar surface area (TPSA) is 60.5 Å². The zero-order valence-corrected chi connectivity index (χ0v) is 11.1. The standard InChI is InChI=1S/C15H14N2O3/c1-10-2-5-14(16-8-10)17-15(18)7-11-3-4-12-13(6-11)20-9-19-12/h2-6,8H,7,9H2,1H3,(H,16,17,18). The molecule has 5 heteroatoms. The highest BCUT2D eigenvalue weighted by Crippen LogP contribution is 2.32. The van der Waals surface area contributed by atoms with Crippen LogP contribution < -0.4 is 14.8 Å². The number of rotatable bonds is 3. The first-order chi connectivity index (χ1) is 9.70. The molecule has 0 atom stereocenters. The van der Waals surface area contributed by atoms with Gasteiger partial charge >= 0.3 is 0 Å². The molecule has 1 aromatic heterocycles. The average Bonchev–Trinajstić information content (AvgIpc) is 2.89. The van der Waals surface area contributed by atoms with E-state index in [9.17, 15) is 4.79 Å². The number of hydrogen-bond acceptors (Lipinski definition) is 4. The first-order valence-corrected chi connectivity index (χ1v) is 6.32. The van der Waals surface area contributed by atoms with E-state index in [0.717, 1.165) is 11.1 Å². The van der Waals surface area contributed by atoms with E-state index in [0.29, 0.717) is 17.3 Å². The summed E-state index contributed by atoms with van der Waals surface area (Å²) in [4.78, 5) is 16.1. The number of anilines is 1. The molecule has 1 N–H and O–H groups in total. The quantitative estimate of drug-likeness (QED) is 0.929. The Morgan fingerprint density at radius 1 is 1.25 bits per heavy atom. The predicted octanol–water partition coefficient (Wildman–Crippen LogP) is 2.30. The molecule has 0 spiro atoms. The van der Waals surface area contributed by atoms with Crippen LogP contribution in [0, 0.1) is 6.92 Å². The first-order valence-electron chi connectivity index (χ1n) is 6.32. The van der Waals surface area contributed by atoms with Crippen molar-refractivity contribution in [2.45, 2.75) is 13.3 Å². The van der Waals surface area contributed by atoms with Gasteiger partial charge in [0.1, 0.15) is 5.82 Å². The van der Waals surface area contributed by atoms with Crippen LogP contribution in [-0.4, -0.2) is 17.7 Å². The van der Waals surface area contributed by atoms with Crippen LogP contribution in [0.15, 0.2) is 36.5 Å². The van der Waals surface area contributed by atoms with Gasteiger partial charge in [-0.2, -0.15) is 0 Å². The van der Waals surface area contributed by atoms with E-state index >= 15 is 0 Å². The highest BCUT2D eigenvalue weighted by molar-refractivity contribution is 5.91. The summed E-state index contributed by atoms with van der Waals surface area (Å²) in [6, 6.07) is 9.19. The molecule has 3 rings (SSSR count). The van der Waals surface area contributed by atoms with Gasteiger partial charge < -0.3 is 14.8 Å². The summed E-state index contributed by atoms with van der Waals surface area (Å²) in [6.45, 7) is 2.18. The van der Waals surface area contributed by atoms with Crippen molar-refractivity contribution in [1.82, 2.24) is 4.98 Å². The van der Waals surface area contributed by atoms with Crippen LogP contribution >= 0.6 is 0 Å². The Morgan fingerprint density at radius 3 is 2.90 bits per heavy atom. The number of aryl methyl sites for hydroxylation is 1. The number of aromatic nitrogens is 1. The Balaban J connectivity index is 1.65. The van der Waals surface area contributed by atoms with E-state index in [1.807, 2.05) is 31.2 Å². The highest BCUT2D eigenvalue weighted by atomic mass is 16.7. The minimum atomic E-state index is -0.111. The van der Waals surface area contributed by atoms with Crippen molar-refractivity contribution in [2.24, 2.45) is 0 Å². The van der Waals surface area contributed by atoms with Gasteiger partial charge in [0.2, 0.25) is 12.7 Å². The zero-order valence-electron chi connectivity index (χ0n) is 11.1. The maximum absolute atomic E-state index is 11.9. The van der Waals surface area contributed by atoms with Crippen LogP contribution in [0.4, 0.5) is 5.82 Å². The highest BCUT2D eigenvalue weighted by Gasteiger charge is 2.14. The van der Waals surface area contributed by atoms with Gasteiger partial charge in [0.25, 0.3) is 0 Å². The van der Waals surface area contributed by atoms with Gasteiger partial charge in [-0.3, -0.25) is 4.79 Å². The van der Waals surface area contributed by atoms with Crippen LogP contribution in [0.2, 0.25) is 0 Å². The van der Waals surface area contributed by atoms with Crippen molar-refractivity contribution < 1.29 is 14.3 Å². The molecule has 2 aromatic rings. The fourth-order valence-electron chi connectivity index (χ4n) is 1.97. The lowest BCUT2D eigenvalue weighted by Gasteiger charge is -2.05.